The Hall–Kier alpha value is -3.33. The maximum Gasteiger partial charge on any atom is 0.311 e. The molecule has 5 N–H and O–H groups in total. The summed E-state index contributed by atoms with van der Waals surface area (Å²) in [5.41, 5.74) is 11.9. The van der Waals surface area contributed by atoms with Gasteiger partial charge in [0.05, 0.1) is 0 Å². The third kappa shape index (κ3) is 6.44. The molecule has 0 unspecified atom stereocenters. The number of carbonyl (C=O) groups excluding carboxylic acids is 2. The molecule has 0 atom stereocenters. The van der Waals surface area contributed by atoms with E-state index in [1.165, 1.54) is 0 Å². The molecule has 148 valence electrons. The molecule has 0 aliphatic heterocycles. The Bertz CT molecular complexity index is 866. The smallest absolute Gasteiger partial charge is 0.311 e. The summed E-state index contributed by atoms with van der Waals surface area (Å²) in [5, 5.41) is 10.8. The fourth-order valence-electron chi connectivity index (χ4n) is 2.19. The molecule has 0 spiro atoms. The van der Waals surface area contributed by atoms with Gasteiger partial charge in [0.1, 0.15) is 17.2 Å². The van der Waals surface area contributed by atoms with Crippen LogP contribution in [0.3, 0.4) is 0 Å². The molecule has 2 aromatic rings. The molecule has 0 bridgehead atoms. The van der Waals surface area contributed by atoms with Crippen molar-refractivity contribution in [3.8, 4) is 5.75 Å². The lowest BCUT2D eigenvalue weighted by molar-refractivity contribution is -0.135. The quantitative estimate of drug-likeness (QED) is 0.361. The van der Waals surface area contributed by atoms with E-state index in [0.717, 1.165) is 0 Å². The largest absolute Gasteiger partial charge is 0.424 e. The van der Waals surface area contributed by atoms with Crippen LogP contribution in [0.15, 0.2) is 46.6 Å². The molecular formula is C19H24N6O3. The highest BCUT2D eigenvalue weighted by atomic mass is 16.5. The van der Waals surface area contributed by atoms with Gasteiger partial charge in [-0.3, -0.25) is 9.59 Å². The Kier molecular flexibility index (Phi) is 7.58. The zero-order valence-electron chi connectivity index (χ0n) is 15.9. The number of nitrogen functional groups attached to an aromatic ring is 1. The Morgan fingerprint density at radius 1 is 1.14 bits per heavy atom. The van der Waals surface area contributed by atoms with Gasteiger partial charge in [0.15, 0.2) is 11.6 Å². The first-order chi connectivity index (χ1) is 13.4. The summed E-state index contributed by atoms with van der Waals surface area (Å²) in [6.07, 6.45) is 0.495. The molecule has 0 fully saturated rings. The van der Waals surface area contributed by atoms with Crippen molar-refractivity contribution < 1.29 is 14.3 Å². The molecule has 9 heteroatoms. The standard InChI is InChI=1S/C19H24N6O3/c1-12(2)11-18(27)28-15-6-4-3-5-13(15)24-25-14-7-8-16(23-19(14)21)22-17(26)9-10-20/h3-8,12H,9-11,20H2,1-2H3,(H3,21,22,23,26)/b25-24+. The minimum Gasteiger partial charge on any atom is -0.424 e. The van der Waals surface area contributed by atoms with Crippen molar-refractivity contribution in [1.82, 2.24) is 4.98 Å². The molecule has 0 aliphatic carbocycles. The highest BCUT2D eigenvalue weighted by Gasteiger charge is 2.11. The predicted octanol–water partition coefficient (Wildman–Crippen LogP) is 3.32. The third-order valence-electron chi connectivity index (χ3n) is 3.47. The average Bonchev–Trinajstić information content (AvgIpc) is 2.61. The first kappa shape index (κ1) is 21.0. The van der Waals surface area contributed by atoms with Gasteiger partial charge in [-0.25, -0.2) is 4.98 Å². The van der Waals surface area contributed by atoms with Crippen molar-refractivity contribution in [2.24, 2.45) is 21.9 Å². The van der Waals surface area contributed by atoms with E-state index in [1.54, 1.807) is 36.4 Å². The molecule has 1 aromatic carbocycles. The lowest BCUT2D eigenvalue weighted by Gasteiger charge is -2.08. The first-order valence-electron chi connectivity index (χ1n) is 8.87. The van der Waals surface area contributed by atoms with Crippen LogP contribution in [0.5, 0.6) is 5.75 Å². The number of aromatic nitrogens is 1. The van der Waals surface area contributed by atoms with Crippen molar-refractivity contribution in [3.05, 3.63) is 36.4 Å². The van der Waals surface area contributed by atoms with Gasteiger partial charge in [-0.15, -0.1) is 10.2 Å². The first-order valence-corrected chi connectivity index (χ1v) is 8.87. The molecule has 0 aliphatic rings. The molecule has 28 heavy (non-hydrogen) atoms. The monoisotopic (exact) mass is 384 g/mol. The number of azo groups is 1. The second-order valence-electron chi connectivity index (χ2n) is 6.43. The van der Waals surface area contributed by atoms with Crippen LogP contribution in [0.25, 0.3) is 0 Å². The number of hydrogen-bond acceptors (Lipinski definition) is 8. The van der Waals surface area contributed by atoms with Gasteiger partial charge in [0.25, 0.3) is 0 Å². The van der Waals surface area contributed by atoms with Crippen molar-refractivity contribution >= 4 is 34.9 Å². The maximum atomic E-state index is 11.9. The van der Waals surface area contributed by atoms with E-state index in [2.05, 4.69) is 20.5 Å². The van der Waals surface area contributed by atoms with E-state index in [1.807, 2.05) is 13.8 Å². The number of ether oxygens (including phenoxy) is 1. The normalized spacial score (nSPS) is 11.0. The van der Waals surface area contributed by atoms with Gasteiger partial charge in [-0.05, 0) is 30.2 Å². The fraction of sp³-hybridized carbons (Fsp3) is 0.316. The number of para-hydroxylation sites is 1. The van der Waals surface area contributed by atoms with Gasteiger partial charge in [-0.2, -0.15) is 0 Å². The zero-order valence-corrected chi connectivity index (χ0v) is 15.9. The van der Waals surface area contributed by atoms with Crippen LogP contribution in [0.1, 0.15) is 26.7 Å². The number of nitrogens with two attached hydrogens (primary N) is 2. The maximum absolute atomic E-state index is 11.9. The number of nitrogens with zero attached hydrogens (tertiary/aromatic N) is 3. The minimum atomic E-state index is -0.337. The van der Waals surface area contributed by atoms with Crippen molar-refractivity contribution in [2.75, 3.05) is 17.6 Å². The van der Waals surface area contributed by atoms with Crippen LogP contribution < -0.4 is 21.5 Å². The summed E-state index contributed by atoms with van der Waals surface area (Å²) in [6, 6.07) is 9.96. The van der Waals surface area contributed by atoms with E-state index in [9.17, 15) is 9.59 Å². The van der Waals surface area contributed by atoms with Gasteiger partial charge < -0.3 is 21.5 Å². The van der Waals surface area contributed by atoms with E-state index < -0.39 is 0 Å². The molecule has 0 radical (unpaired) electrons. The summed E-state index contributed by atoms with van der Waals surface area (Å²) >= 11 is 0. The number of esters is 1. The Morgan fingerprint density at radius 2 is 1.86 bits per heavy atom. The molecule has 0 saturated carbocycles. The molecule has 9 nitrogen and oxygen atoms in total. The van der Waals surface area contributed by atoms with Gasteiger partial charge >= 0.3 is 5.97 Å². The molecule has 1 amide bonds. The molecule has 1 aromatic heterocycles. The van der Waals surface area contributed by atoms with Crippen LogP contribution in [0, 0.1) is 5.92 Å². The van der Waals surface area contributed by atoms with Crippen LogP contribution in [0.4, 0.5) is 23.0 Å². The van der Waals surface area contributed by atoms with Crippen molar-refractivity contribution in [2.45, 2.75) is 26.7 Å². The Labute approximate surface area is 163 Å². The van der Waals surface area contributed by atoms with Crippen LogP contribution in [-0.2, 0) is 9.59 Å². The third-order valence-corrected chi connectivity index (χ3v) is 3.47. The number of carbonyl (C=O) groups is 2. The number of benzene rings is 1. The van der Waals surface area contributed by atoms with E-state index in [4.69, 9.17) is 16.2 Å². The van der Waals surface area contributed by atoms with Crippen molar-refractivity contribution in [3.63, 3.8) is 0 Å². The summed E-state index contributed by atoms with van der Waals surface area (Å²) in [4.78, 5) is 27.5. The van der Waals surface area contributed by atoms with Gasteiger partial charge in [0, 0.05) is 19.4 Å². The highest BCUT2D eigenvalue weighted by molar-refractivity contribution is 5.90. The fourth-order valence-corrected chi connectivity index (χ4v) is 2.19. The summed E-state index contributed by atoms with van der Waals surface area (Å²) in [6.45, 7) is 4.12. The Balaban J connectivity index is 2.13. The number of pyridine rings is 1. The number of hydrogen-bond donors (Lipinski definition) is 3. The number of nitrogens with one attached hydrogen (secondary N) is 1. The van der Waals surface area contributed by atoms with Crippen molar-refractivity contribution in [1.29, 1.82) is 0 Å². The van der Waals surface area contributed by atoms with E-state index in [-0.39, 0.29) is 36.6 Å². The molecular weight excluding hydrogens is 360 g/mol. The summed E-state index contributed by atoms with van der Waals surface area (Å²) < 4.78 is 5.36. The molecule has 1 heterocycles. The van der Waals surface area contributed by atoms with E-state index in [0.29, 0.717) is 29.4 Å². The summed E-state index contributed by atoms with van der Waals surface area (Å²) in [7, 11) is 0. The average molecular weight is 384 g/mol. The second kappa shape index (κ2) is 10.1. The number of rotatable bonds is 8. The van der Waals surface area contributed by atoms with Crippen LogP contribution in [-0.4, -0.2) is 23.4 Å². The second-order valence-corrected chi connectivity index (χ2v) is 6.43. The zero-order chi connectivity index (χ0) is 20.5. The topological polar surface area (TPSA) is 145 Å². The minimum absolute atomic E-state index is 0.101. The van der Waals surface area contributed by atoms with Crippen LogP contribution >= 0.6 is 0 Å². The Morgan fingerprint density at radius 3 is 2.54 bits per heavy atom. The van der Waals surface area contributed by atoms with Gasteiger partial charge in [0.2, 0.25) is 5.91 Å². The lowest BCUT2D eigenvalue weighted by Crippen LogP contribution is -2.17. The van der Waals surface area contributed by atoms with E-state index >= 15 is 0 Å². The van der Waals surface area contributed by atoms with Crippen LogP contribution in [0.2, 0.25) is 0 Å². The predicted molar refractivity (Wildman–Crippen MR) is 107 cm³/mol. The molecule has 0 saturated heterocycles. The number of anilines is 2. The highest BCUT2D eigenvalue weighted by Crippen LogP contribution is 2.31. The SMILES string of the molecule is CC(C)CC(=O)Oc1ccccc1/N=N/c1ccc(NC(=O)CCN)nc1N. The summed E-state index contributed by atoms with van der Waals surface area (Å²) in [5.74, 6) is 0.323. The number of amides is 1. The molecule has 2 rings (SSSR count). The lowest BCUT2D eigenvalue weighted by atomic mass is 10.1. The van der Waals surface area contributed by atoms with Gasteiger partial charge in [-0.1, -0.05) is 26.0 Å².